The van der Waals surface area contributed by atoms with Crippen molar-refractivity contribution in [2.75, 3.05) is 7.11 Å². The molecule has 0 aliphatic heterocycles. The molecule has 0 radical (unpaired) electrons. The van der Waals surface area contributed by atoms with Gasteiger partial charge in [0.15, 0.2) is 11.5 Å². The van der Waals surface area contributed by atoms with Crippen LogP contribution in [0.2, 0.25) is 0 Å². The van der Waals surface area contributed by atoms with Crippen LogP contribution in [-0.4, -0.2) is 13.3 Å². The molecule has 3 aromatic rings. The highest BCUT2D eigenvalue weighted by Gasteiger charge is 2.11. The van der Waals surface area contributed by atoms with E-state index >= 15 is 0 Å². The second-order valence-electron chi connectivity index (χ2n) is 5.99. The molecule has 3 rings (SSSR count). The zero-order valence-corrected chi connectivity index (χ0v) is 18.8. The van der Waals surface area contributed by atoms with Crippen molar-refractivity contribution in [1.29, 1.82) is 0 Å². The van der Waals surface area contributed by atoms with Crippen molar-refractivity contribution in [3.05, 3.63) is 85.4 Å². The Morgan fingerprint density at radius 1 is 1.07 bits per heavy atom. The normalized spacial score (nSPS) is 11.0. The molecule has 0 unspecified atom stereocenters. The number of benzene rings is 3. The van der Waals surface area contributed by atoms with E-state index in [0.717, 1.165) is 36.2 Å². The molecule has 5 heteroatoms. The second kappa shape index (κ2) is 9.37. The Morgan fingerprint density at radius 2 is 1.81 bits per heavy atom. The molecular weight excluding hydrogens is 517 g/mol. The van der Waals surface area contributed by atoms with Crippen LogP contribution in [0.15, 0.2) is 70.1 Å². The van der Waals surface area contributed by atoms with E-state index in [1.165, 1.54) is 0 Å². The van der Waals surface area contributed by atoms with Gasteiger partial charge in [0.2, 0.25) is 0 Å². The number of halogens is 2. The van der Waals surface area contributed by atoms with Gasteiger partial charge >= 0.3 is 0 Å². The Morgan fingerprint density at radius 3 is 2.52 bits per heavy atom. The van der Waals surface area contributed by atoms with Gasteiger partial charge in [0.05, 0.1) is 16.4 Å². The predicted octanol–water partition coefficient (Wildman–Crippen LogP) is 6.70. The van der Waals surface area contributed by atoms with Gasteiger partial charge in [0, 0.05) is 10.7 Å². The maximum Gasteiger partial charge on any atom is 0.174 e. The van der Waals surface area contributed by atoms with E-state index in [9.17, 15) is 0 Å². The second-order valence-corrected chi connectivity index (χ2v) is 8.07. The highest BCUT2D eigenvalue weighted by atomic mass is 127. The van der Waals surface area contributed by atoms with Crippen LogP contribution in [0.3, 0.4) is 0 Å². The van der Waals surface area contributed by atoms with Crippen molar-refractivity contribution in [2.24, 2.45) is 4.99 Å². The standard InChI is InChI=1S/C22H19BrINO2/c1-15-5-3-4-6-20(15)25-13-17-11-19(24)22(21(12-17)26-2)27-14-16-7-9-18(23)10-8-16/h3-13H,14H2,1-2H3. The Labute approximate surface area is 181 Å². The Balaban J connectivity index is 1.80. The third-order valence-corrected chi connectivity index (χ3v) is 5.35. The van der Waals surface area contributed by atoms with E-state index in [0.29, 0.717) is 12.4 Å². The number of nitrogens with zero attached hydrogens (tertiary/aromatic N) is 1. The van der Waals surface area contributed by atoms with Crippen LogP contribution in [0.5, 0.6) is 11.5 Å². The molecule has 138 valence electrons. The van der Waals surface area contributed by atoms with Crippen molar-refractivity contribution in [3.63, 3.8) is 0 Å². The van der Waals surface area contributed by atoms with Gasteiger partial charge in [0.1, 0.15) is 6.61 Å². The van der Waals surface area contributed by atoms with Gasteiger partial charge in [-0.05, 0) is 76.5 Å². The van der Waals surface area contributed by atoms with Crippen LogP contribution < -0.4 is 9.47 Å². The van der Waals surface area contributed by atoms with Crippen molar-refractivity contribution in [2.45, 2.75) is 13.5 Å². The zero-order chi connectivity index (χ0) is 19.2. The zero-order valence-electron chi connectivity index (χ0n) is 15.1. The van der Waals surface area contributed by atoms with Crippen LogP contribution >= 0.6 is 38.5 Å². The number of hydrogen-bond acceptors (Lipinski definition) is 3. The molecule has 0 aromatic heterocycles. The summed E-state index contributed by atoms with van der Waals surface area (Å²) in [5.74, 6) is 1.44. The van der Waals surface area contributed by atoms with Crippen molar-refractivity contribution in [1.82, 2.24) is 0 Å². The molecule has 0 bridgehead atoms. The van der Waals surface area contributed by atoms with Gasteiger partial charge in [-0.1, -0.05) is 46.3 Å². The first kappa shape index (κ1) is 19.9. The van der Waals surface area contributed by atoms with E-state index in [1.807, 2.05) is 60.8 Å². The van der Waals surface area contributed by atoms with E-state index in [2.05, 4.69) is 56.5 Å². The maximum absolute atomic E-state index is 6.03. The fourth-order valence-corrected chi connectivity index (χ4v) is 3.59. The lowest BCUT2D eigenvalue weighted by Gasteiger charge is -2.13. The summed E-state index contributed by atoms with van der Waals surface area (Å²) in [5, 5.41) is 0. The van der Waals surface area contributed by atoms with Gasteiger partial charge in [-0.3, -0.25) is 4.99 Å². The summed E-state index contributed by atoms with van der Waals surface area (Å²) in [6.45, 7) is 2.53. The van der Waals surface area contributed by atoms with Crippen LogP contribution in [0.4, 0.5) is 5.69 Å². The summed E-state index contributed by atoms with van der Waals surface area (Å²) in [5.41, 5.74) is 4.17. The first-order valence-corrected chi connectivity index (χ1v) is 10.3. The Bertz CT molecular complexity index is 955. The summed E-state index contributed by atoms with van der Waals surface area (Å²) < 4.78 is 13.6. The maximum atomic E-state index is 6.03. The number of rotatable bonds is 6. The minimum absolute atomic E-state index is 0.482. The SMILES string of the molecule is COc1cc(C=Nc2ccccc2C)cc(I)c1OCc1ccc(Br)cc1. The summed E-state index contributed by atoms with van der Waals surface area (Å²) in [6, 6.07) is 20.1. The largest absolute Gasteiger partial charge is 0.493 e. The highest BCUT2D eigenvalue weighted by Crippen LogP contribution is 2.34. The van der Waals surface area contributed by atoms with E-state index < -0.39 is 0 Å². The first-order chi connectivity index (χ1) is 13.1. The summed E-state index contributed by atoms with van der Waals surface area (Å²) >= 11 is 5.72. The molecule has 0 aliphatic carbocycles. The molecule has 0 saturated carbocycles. The van der Waals surface area contributed by atoms with Gasteiger partial charge in [-0.15, -0.1) is 0 Å². The van der Waals surface area contributed by atoms with Gasteiger partial charge < -0.3 is 9.47 Å². The summed E-state index contributed by atoms with van der Waals surface area (Å²) in [6.07, 6.45) is 1.85. The molecule has 0 heterocycles. The van der Waals surface area contributed by atoms with E-state index in [4.69, 9.17) is 9.47 Å². The lowest BCUT2D eigenvalue weighted by Crippen LogP contribution is -2.00. The van der Waals surface area contributed by atoms with Gasteiger partial charge in [-0.25, -0.2) is 0 Å². The smallest absolute Gasteiger partial charge is 0.174 e. The minimum atomic E-state index is 0.482. The average Bonchev–Trinajstić information content (AvgIpc) is 2.67. The Kier molecular flexibility index (Phi) is 6.90. The van der Waals surface area contributed by atoms with Gasteiger partial charge in [-0.2, -0.15) is 0 Å². The third-order valence-electron chi connectivity index (χ3n) is 4.02. The lowest BCUT2D eigenvalue weighted by atomic mass is 10.2. The number of aryl methyl sites for hydroxylation is 1. The fraction of sp³-hybridized carbons (Fsp3) is 0.136. The number of ether oxygens (including phenoxy) is 2. The van der Waals surface area contributed by atoms with Crippen LogP contribution in [-0.2, 0) is 6.61 Å². The van der Waals surface area contributed by atoms with Crippen molar-refractivity contribution < 1.29 is 9.47 Å². The average molecular weight is 536 g/mol. The quantitative estimate of drug-likeness (QED) is 0.260. The molecule has 0 atom stereocenters. The number of hydrogen-bond donors (Lipinski definition) is 0. The Hall–Kier alpha value is -1.86. The topological polar surface area (TPSA) is 30.8 Å². The van der Waals surface area contributed by atoms with E-state index in [-0.39, 0.29) is 0 Å². The fourth-order valence-electron chi connectivity index (χ4n) is 2.54. The van der Waals surface area contributed by atoms with Crippen LogP contribution in [0.1, 0.15) is 16.7 Å². The summed E-state index contributed by atoms with van der Waals surface area (Å²) in [7, 11) is 1.65. The van der Waals surface area contributed by atoms with E-state index in [1.54, 1.807) is 7.11 Å². The lowest BCUT2D eigenvalue weighted by molar-refractivity contribution is 0.282. The first-order valence-electron chi connectivity index (χ1n) is 8.41. The molecule has 0 amide bonds. The number of para-hydroxylation sites is 1. The molecule has 0 N–H and O–H groups in total. The van der Waals surface area contributed by atoms with Crippen LogP contribution in [0.25, 0.3) is 0 Å². The van der Waals surface area contributed by atoms with Crippen molar-refractivity contribution >= 4 is 50.4 Å². The number of aliphatic imine (C=N–C) groups is 1. The number of methoxy groups -OCH3 is 1. The van der Waals surface area contributed by atoms with Crippen LogP contribution in [0, 0.1) is 10.5 Å². The molecule has 0 fully saturated rings. The third kappa shape index (κ3) is 5.32. The monoisotopic (exact) mass is 535 g/mol. The van der Waals surface area contributed by atoms with Crippen molar-refractivity contribution in [3.8, 4) is 11.5 Å². The molecule has 0 aliphatic rings. The van der Waals surface area contributed by atoms with Gasteiger partial charge in [0.25, 0.3) is 0 Å². The molecule has 3 nitrogen and oxygen atoms in total. The summed E-state index contributed by atoms with van der Waals surface area (Å²) in [4.78, 5) is 4.59. The predicted molar refractivity (Wildman–Crippen MR) is 123 cm³/mol. The molecule has 0 spiro atoms. The molecule has 3 aromatic carbocycles. The minimum Gasteiger partial charge on any atom is -0.493 e. The molecule has 27 heavy (non-hydrogen) atoms. The molecular formula is C22H19BrINO2. The highest BCUT2D eigenvalue weighted by molar-refractivity contribution is 14.1. The molecule has 0 saturated heterocycles.